The molecule has 118 valence electrons. The molecule has 2 aliphatic heterocycles. The molecule has 0 N–H and O–H groups in total. The Bertz CT molecular complexity index is 596. The van der Waals surface area contributed by atoms with Crippen molar-refractivity contribution >= 4 is 17.6 Å². The van der Waals surface area contributed by atoms with Crippen LogP contribution in [0.5, 0.6) is 0 Å². The van der Waals surface area contributed by atoms with Gasteiger partial charge in [0.25, 0.3) is 0 Å². The van der Waals surface area contributed by atoms with E-state index < -0.39 is 0 Å². The van der Waals surface area contributed by atoms with Crippen LogP contribution in [0.1, 0.15) is 18.4 Å². The Balaban J connectivity index is 1.75. The Labute approximate surface area is 131 Å². The van der Waals surface area contributed by atoms with E-state index in [2.05, 4.69) is 0 Å². The van der Waals surface area contributed by atoms with E-state index >= 15 is 0 Å². The van der Waals surface area contributed by atoms with Crippen LogP contribution in [0.3, 0.4) is 0 Å². The van der Waals surface area contributed by atoms with Gasteiger partial charge in [0.05, 0.1) is 0 Å². The van der Waals surface area contributed by atoms with Crippen molar-refractivity contribution in [2.45, 2.75) is 19.8 Å². The van der Waals surface area contributed by atoms with Gasteiger partial charge in [0.15, 0.2) is 0 Å². The van der Waals surface area contributed by atoms with Crippen LogP contribution >= 0.6 is 0 Å². The van der Waals surface area contributed by atoms with Crippen LogP contribution in [0.4, 0.5) is 10.5 Å². The molecule has 5 nitrogen and oxygen atoms in total. The molecule has 2 fully saturated rings. The predicted molar refractivity (Wildman–Crippen MR) is 85.9 cm³/mol. The molecule has 0 aromatic heterocycles. The summed E-state index contributed by atoms with van der Waals surface area (Å²) in [5.41, 5.74) is 2.08. The lowest BCUT2D eigenvalue weighted by atomic mass is 9.86. The van der Waals surface area contributed by atoms with Gasteiger partial charge in [0.2, 0.25) is 5.91 Å². The maximum absolute atomic E-state index is 12.4. The number of likely N-dealkylation sites (tertiary alicyclic amines) is 1. The molecular weight excluding hydrogens is 278 g/mol. The Morgan fingerprint density at radius 1 is 1.18 bits per heavy atom. The fourth-order valence-electron chi connectivity index (χ4n) is 3.51. The summed E-state index contributed by atoms with van der Waals surface area (Å²) in [6.07, 6.45) is 1.44. The summed E-state index contributed by atoms with van der Waals surface area (Å²) >= 11 is 0. The van der Waals surface area contributed by atoms with Gasteiger partial charge in [-0.05, 0) is 25.5 Å². The number of hydrogen-bond acceptors (Lipinski definition) is 2. The highest BCUT2D eigenvalue weighted by Gasteiger charge is 2.48. The van der Waals surface area contributed by atoms with E-state index in [1.807, 2.05) is 41.0 Å². The second kappa shape index (κ2) is 5.30. The fraction of sp³-hybridized carbons (Fsp3) is 0.529. The van der Waals surface area contributed by atoms with Crippen molar-refractivity contribution in [3.05, 3.63) is 29.8 Å². The molecule has 1 atom stereocenters. The first-order valence-corrected chi connectivity index (χ1v) is 7.73. The van der Waals surface area contributed by atoms with Crippen molar-refractivity contribution in [1.82, 2.24) is 9.80 Å². The Morgan fingerprint density at radius 2 is 1.86 bits per heavy atom. The van der Waals surface area contributed by atoms with E-state index in [1.165, 1.54) is 5.56 Å². The van der Waals surface area contributed by atoms with Gasteiger partial charge in [-0.25, -0.2) is 4.79 Å². The number of anilines is 1. The standard InChI is InChI=1S/C17H23N3O2/c1-13-4-6-14(7-5-13)20-12-17(10-15(20)21)8-9-19(11-17)16(22)18(2)3/h4-7H,8-12H2,1-3H3/t17-/m1/s1. The molecule has 2 heterocycles. The predicted octanol–water partition coefficient (Wildman–Crippen LogP) is 2.11. The number of benzene rings is 1. The molecule has 0 aliphatic carbocycles. The molecule has 0 unspecified atom stereocenters. The third-order valence-electron chi connectivity index (χ3n) is 4.76. The van der Waals surface area contributed by atoms with Crippen molar-refractivity contribution in [1.29, 1.82) is 0 Å². The maximum atomic E-state index is 12.4. The largest absolute Gasteiger partial charge is 0.331 e. The zero-order chi connectivity index (χ0) is 15.9. The Morgan fingerprint density at radius 3 is 2.50 bits per heavy atom. The van der Waals surface area contributed by atoms with Crippen LogP contribution < -0.4 is 4.90 Å². The van der Waals surface area contributed by atoms with Gasteiger partial charge in [-0.15, -0.1) is 0 Å². The first-order valence-electron chi connectivity index (χ1n) is 7.73. The fourth-order valence-corrected chi connectivity index (χ4v) is 3.51. The molecule has 1 aromatic carbocycles. The molecule has 0 saturated carbocycles. The van der Waals surface area contributed by atoms with Crippen molar-refractivity contribution in [3.8, 4) is 0 Å². The Kier molecular flexibility index (Phi) is 3.59. The molecule has 1 spiro atoms. The number of carbonyl (C=O) groups excluding carboxylic acids is 2. The monoisotopic (exact) mass is 301 g/mol. The minimum absolute atomic E-state index is 0.0399. The van der Waals surface area contributed by atoms with Gasteiger partial charge in [0, 0.05) is 51.3 Å². The summed E-state index contributed by atoms with van der Waals surface area (Å²) in [5.74, 6) is 0.169. The molecule has 22 heavy (non-hydrogen) atoms. The number of aryl methyl sites for hydroxylation is 1. The highest BCUT2D eigenvalue weighted by Crippen LogP contribution is 2.42. The second-order valence-electron chi connectivity index (χ2n) is 6.84. The first kappa shape index (κ1) is 14.9. The van der Waals surface area contributed by atoms with E-state index in [0.29, 0.717) is 19.5 Å². The second-order valence-corrected chi connectivity index (χ2v) is 6.84. The molecule has 3 rings (SSSR count). The lowest BCUT2D eigenvalue weighted by molar-refractivity contribution is -0.117. The minimum atomic E-state index is -0.0758. The lowest BCUT2D eigenvalue weighted by Crippen LogP contribution is -2.39. The van der Waals surface area contributed by atoms with Crippen molar-refractivity contribution < 1.29 is 9.59 Å². The van der Waals surface area contributed by atoms with E-state index in [4.69, 9.17) is 0 Å². The summed E-state index contributed by atoms with van der Waals surface area (Å²) in [4.78, 5) is 29.9. The van der Waals surface area contributed by atoms with Crippen LogP contribution in [-0.4, -0.2) is 55.5 Å². The van der Waals surface area contributed by atoms with Crippen molar-refractivity contribution in [2.24, 2.45) is 5.41 Å². The van der Waals surface area contributed by atoms with Gasteiger partial charge in [0.1, 0.15) is 0 Å². The van der Waals surface area contributed by atoms with Crippen LogP contribution in [0, 0.1) is 12.3 Å². The molecule has 1 aromatic rings. The van der Waals surface area contributed by atoms with Crippen LogP contribution in [0.25, 0.3) is 0 Å². The van der Waals surface area contributed by atoms with Crippen LogP contribution in [0.15, 0.2) is 24.3 Å². The van der Waals surface area contributed by atoms with Gasteiger partial charge in [-0.3, -0.25) is 4.79 Å². The highest BCUT2D eigenvalue weighted by atomic mass is 16.2. The number of rotatable bonds is 1. The molecule has 3 amide bonds. The van der Waals surface area contributed by atoms with E-state index in [-0.39, 0.29) is 17.4 Å². The number of nitrogens with zero attached hydrogens (tertiary/aromatic N) is 3. The van der Waals surface area contributed by atoms with Gasteiger partial charge >= 0.3 is 6.03 Å². The number of carbonyl (C=O) groups is 2. The average Bonchev–Trinajstić information content (AvgIpc) is 3.03. The van der Waals surface area contributed by atoms with Gasteiger partial charge in [-0.2, -0.15) is 0 Å². The number of hydrogen-bond donors (Lipinski definition) is 0. The summed E-state index contributed by atoms with van der Waals surface area (Å²) < 4.78 is 0. The SMILES string of the molecule is Cc1ccc(N2C[C@]3(CCN(C(=O)N(C)C)C3)CC2=O)cc1. The van der Waals surface area contributed by atoms with Crippen LogP contribution in [-0.2, 0) is 4.79 Å². The highest BCUT2D eigenvalue weighted by molar-refractivity contribution is 5.96. The number of urea groups is 1. The molecule has 2 saturated heterocycles. The summed E-state index contributed by atoms with van der Waals surface area (Å²) in [5, 5.41) is 0. The quantitative estimate of drug-likeness (QED) is 0.797. The van der Waals surface area contributed by atoms with E-state index in [9.17, 15) is 9.59 Å². The number of amides is 3. The minimum Gasteiger partial charge on any atom is -0.331 e. The first-order chi connectivity index (χ1) is 10.4. The molecule has 0 radical (unpaired) electrons. The zero-order valence-electron chi connectivity index (χ0n) is 13.5. The Hall–Kier alpha value is -2.04. The summed E-state index contributed by atoms with van der Waals surface area (Å²) in [6, 6.07) is 8.11. The molecule has 2 aliphatic rings. The lowest BCUT2D eigenvalue weighted by Gasteiger charge is -2.25. The van der Waals surface area contributed by atoms with Crippen molar-refractivity contribution in [3.63, 3.8) is 0 Å². The smallest absolute Gasteiger partial charge is 0.319 e. The topological polar surface area (TPSA) is 43.9 Å². The van der Waals surface area contributed by atoms with Gasteiger partial charge < -0.3 is 14.7 Å². The molecule has 5 heteroatoms. The van der Waals surface area contributed by atoms with Crippen LogP contribution in [0.2, 0.25) is 0 Å². The maximum Gasteiger partial charge on any atom is 0.319 e. The third kappa shape index (κ3) is 2.56. The third-order valence-corrected chi connectivity index (χ3v) is 4.76. The molecule has 0 bridgehead atoms. The summed E-state index contributed by atoms with van der Waals surface area (Å²) in [7, 11) is 3.54. The van der Waals surface area contributed by atoms with E-state index in [0.717, 1.165) is 18.7 Å². The zero-order valence-corrected chi connectivity index (χ0v) is 13.5. The normalized spacial score (nSPS) is 24.4. The van der Waals surface area contributed by atoms with Crippen molar-refractivity contribution in [2.75, 3.05) is 38.6 Å². The molecular formula is C17H23N3O2. The van der Waals surface area contributed by atoms with Gasteiger partial charge in [-0.1, -0.05) is 17.7 Å². The summed E-state index contributed by atoms with van der Waals surface area (Å²) in [6.45, 7) is 4.18. The average molecular weight is 301 g/mol. The van der Waals surface area contributed by atoms with E-state index in [1.54, 1.807) is 19.0 Å².